The fourth-order valence-electron chi connectivity index (χ4n) is 1.29. The highest BCUT2D eigenvalue weighted by atomic mass is 79.9. The topological polar surface area (TPSA) is 34.9 Å². The molecule has 0 spiro atoms. The summed E-state index contributed by atoms with van der Waals surface area (Å²) < 4.78 is 2.22. The largest absolute Gasteiger partial charge is 0.309 e. The monoisotopic (exact) mass is 284 g/mol. The molecule has 2 aromatic heterocycles. The highest BCUT2D eigenvalue weighted by Crippen LogP contribution is 2.09. The quantitative estimate of drug-likeness (QED) is 0.849. The van der Waals surface area contributed by atoms with Gasteiger partial charge in [-0.05, 0) is 35.0 Å². The Balaban J connectivity index is 2.32. The van der Waals surface area contributed by atoms with Gasteiger partial charge in [-0.1, -0.05) is 0 Å². The molecule has 0 unspecified atom stereocenters. The molecular formula is C10H9BrN2OS. The number of pyridine rings is 1. The first-order chi connectivity index (χ1) is 7.16. The maximum Gasteiger partial charge on any atom is 0.265 e. The van der Waals surface area contributed by atoms with Crippen LogP contribution in [0.2, 0.25) is 0 Å². The highest BCUT2D eigenvalue weighted by molar-refractivity contribution is 9.10. The molecule has 0 aliphatic rings. The second kappa shape index (κ2) is 4.28. The summed E-state index contributed by atoms with van der Waals surface area (Å²) in [4.78, 5) is 16.0. The predicted octanol–water partition coefficient (Wildman–Crippen LogP) is 2.42. The summed E-state index contributed by atoms with van der Waals surface area (Å²) in [5, 5.41) is 3.00. The summed E-state index contributed by atoms with van der Waals surface area (Å²) in [6, 6.07) is 3.58. The first-order valence-electron chi connectivity index (χ1n) is 4.43. The van der Waals surface area contributed by atoms with Gasteiger partial charge in [0.05, 0.1) is 21.7 Å². The van der Waals surface area contributed by atoms with Crippen LogP contribution in [-0.2, 0) is 6.54 Å². The van der Waals surface area contributed by atoms with Gasteiger partial charge in [0.15, 0.2) is 0 Å². The molecule has 5 heteroatoms. The number of hydrogen-bond donors (Lipinski definition) is 0. The zero-order valence-electron chi connectivity index (χ0n) is 8.11. The molecule has 0 aliphatic carbocycles. The number of rotatable bonds is 2. The van der Waals surface area contributed by atoms with E-state index in [2.05, 4.69) is 20.9 Å². The summed E-state index contributed by atoms with van der Waals surface area (Å²) in [6.45, 7) is 2.49. The van der Waals surface area contributed by atoms with Crippen molar-refractivity contribution in [1.29, 1.82) is 0 Å². The Bertz CT molecular complexity index is 532. The van der Waals surface area contributed by atoms with E-state index < -0.39 is 0 Å². The summed E-state index contributed by atoms with van der Waals surface area (Å²) in [5.41, 5.74) is 0.904. The van der Waals surface area contributed by atoms with Crippen LogP contribution in [0.25, 0.3) is 0 Å². The van der Waals surface area contributed by atoms with Gasteiger partial charge in [0.1, 0.15) is 0 Å². The highest BCUT2D eigenvalue weighted by Gasteiger charge is 2.03. The van der Waals surface area contributed by atoms with Crippen LogP contribution < -0.4 is 5.56 Å². The predicted molar refractivity (Wildman–Crippen MR) is 64.4 cm³/mol. The van der Waals surface area contributed by atoms with Crippen LogP contribution in [0.4, 0.5) is 0 Å². The lowest BCUT2D eigenvalue weighted by molar-refractivity contribution is 0.738. The third-order valence-electron chi connectivity index (χ3n) is 1.97. The van der Waals surface area contributed by atoms with E-state index in [-0.39, 0.29) is 5.56 Å². The minimum atomic E-state index is -0.0249. The smallest absolute Gasteiger partial charge is 0.265 e. The molecule has 3 nitrogen and oxygen atoms in total. The Morgan fingerprint density at radius 1 is 1.60 bits per heavy atom. The van der Waals surface area contributed by atoms with Gasteiger partial charge in [-0.15, -0.1) is 11.3 Å². The normalized spacial score (nSPS) is 10.5. The zero-order chi connectivity index (χ0) is 10.8. The second-order valence-corrected chi connectivity index (χ2v) is 5.06. The van der Waals surface area contributed by atoms with Crippen molar-refractivity contribution in [3.8, 4) is 0 Å². The summed E-state index contributed by atoms with van der Waals surface area (Å²) >= 11 is 4.81. The van der Waals surface area contributed by atoms with Crippen LogP contribution in [-0.4, -0.2) is 9.55 Å². The minimum absolute atomic E-state index is 0.0249. The average molecular weight is 285 g/mol. The van der Waals surface area contributed by atoms with Crippen molar-refractivity contribution < 1.29 is 0 Å². The van der Waals surface area contributed by atoms with Crippen LogP contribution >= 0.6 is 27.3 Å². The van der Waals surface area contributed by atoms with E-state index in [0.717, 1.165) is 10.7 Å². The molecular weight excluding hydrogens is 276 g/mol. The van der Waals surface area contributed by atoms with Crippen molar-refractivity contribution in [2.75, 3.05) is 0 Å². The molecule has 2 aromatic rings. The maximum absolute atomic E-state index is 11.7. The molecule has 0 amide bonds. The van der Waals surface area contributed by atoms with E-state index in [4.69, 9.17) is 0 Å². The number of aryl methyl sites for hydroxylation is 1. The number of thiazole rings is 1. The van der Waals surface area contributed by atoms with Gasteiger partial charge in [0.2, 0.25) is 0 Å². The second-order valence-electron chi connectivity index (χ2n) is 3.15. The maximum atomic E-state index is 11.7. The van der Waals surface area contributed by atoms with Gasteiger partial charge in [-0.25, -0.2) is 4.98 Å². The first-order valence-corrected chi connectivity index (χ1v) is 6.10. The van der Waals surface area contributed by atoms with E-state index in [1.165, 1.54) is 0 Å². The molecule has 2 heterocycles. The van der Waals surface area contributed by atoms with Crippen LogP contribution in [0, 0.1) is 6.92 Å². The lowest BCUT2D eigenvalue weighted by atomic mass is 10.4. The Labute approximate surface area is 99.5 Å². The molecule has 0 bridgehead atoms. The Hall–Kier alpha value is -0.940. The lowest BCUT2D eigenvalue weighted by Crippen LogP contribution is -2.20. The molecule has 0 radical (unpaired) electrons. The van der Waals surface area contributed by atoms with Crippen molar-refractivity contribution in [1.82, 2.24) is 9.55 Å². The van der Waals surface area contributed by atoms with Crippen LogP contribution in [0.1, 0.15) is 10.7 Å². The zero-order valence-corrected chi connectivity index (χ0v) is 10.5. The molecule has 0 aromatic carbocycles. The molecule has 78 valence electrons. The molecule has 0 atom stereocenters. The molecule has 0 N–H and O–H groups in total. The average Bonchev–Trinajstić information content (AvgIpc) is 2.59. The lowest BCUT2D eigenvalue weighted by Gasteiger charge is -2.02. The SMILES string of the molecule is Cc1nc(Cn2cccc(Br)c2=O)cs1. The van der Waals surface area contributed by atoms with Gasteiger partial charge in [0.25, 0.3) is 5.56 Å². The number of halogens is 1. The third kappa shape index (κ3) is 2.35. The van der Waals surface area contributed by atoms with Crippen molar-refractivity contribution in [3.63, 3.8) is 0 Å². The minimum Gasteiger partial charge on any atom is -0.309 e. The van der Waals surface area contributed by atoms with Crippen LogP contribution in [0.15, 0.2) is 33.0 Å². The molecule has 0 fully saturated rings. The van der Waals surface area contributed by atoms with Gasteiger partial charge in [0, 0.05) is 11.6 Å². The van der Waals surface area contributed by atoms with Gasteiger partial charge < -0.3 is 4.57 Å². The Morgan fingerprint density at radius 3 is 3.07 bits per heavy atom. The molecule has 0 aliphatic heterocycles. The molecule has 0 saturated heterocycles. The van der Waals surface area contributed by atoms with Gasteiger partial charge in [-0.2, -0.15) is 0 Å². The van der Waals surface area contributed by atoms with E-state index >= 15 is 0 Å². The molecule has 0 saturated carbocycles. The number of hydrogen-bond acceptors (Lipinski definition) is 3. The Morgan fingerprint density at radius 2 is 2.40 bits per heavy atom. The van der Waals surface area contributed by atoms with Crippen molar-refractivity contribution in [3.05, 3.63) is 49.2 Å². The van der Waals surface area contributed by atoms with E-state index in [1.807, 2.05) is 18.4 Å². The van der Waals surface area contributed by atoms with Crippen molar-refractivity contribution in [2.24, 2.45) is 0 Å². The van der Waals surface area contributed by atoms with Gasteiger partial charge >= 0.3 is 0 Å². The van der Waals surface area contributed by atoms with Crippen LogP contribution in [0.3, 0.4) is 0 Å². The standard InChI is InChI=1S/C10H9BrN2OS/c1-7-12-8(6-15-7)5-13-4-2-3-9(11)10(13)14/h2-4,6H,5H2,1H3. The van der Waals surface area contributed by atoms with Crippen molar-refractivity contribution in [2.45, 2.75) is 13.5 Å². The fourth-order valence-corrected chi connectivity index (χ4v) is 2.27. The summed E-state index contributed by atoms with van der Waals surface area (Å²) in [5.74, 6) is 0. The number of aromatic nitrogens is 2. The van der Waals surface area contributed by atoms with Gasteiger partial charge in [-0.3, -0.25) is 4.79 Å². The fraction of sp³-hybridized carbons (Fsp3) is 0.200. The molecule has 2 rings (SSSR count). The Kier molecular flexibility index (Phi) is 3.02. The van der Waals surface area contributed by atoms with Crippen molar-refractivity contribution >= 4 is 27.3 Å². The van der Waals surface area contributed by atoms with Crippen LogP contribution in [0.5, 0.6) is 0 Å². The van der Waals surface area contributed by atoms with E-state index in [9.17, 15) is 4.79 Å². The third-order valence-corrected chi connectivity index (χ3v) is 3.40. The summed E-state index contributed by atoms with van der Waals surface area (Å²) in [7, 11) is 0. The number of nitrogens with zero attached hydrogens (tertiary/aromatic N) is 2. The van der Waals surface area contributed by atoms with E-state index in [1.54, 1.807) is 28.2 Å². The first kappa shape index (κ1) is 10.6. The van der Waals surface area contributed by atoms with E-state index in [0.29, 0.717) is 11.0 Å². The summed E-state index contributed by atoms with van der Waals surface area (Å²) in [6.07, 6.45) is 1.77. The molecule has 15 heavy (non-hydrogen) atoms.